The Labute approximate surface area is 149 Å². The summed E-state index contributed by atoms with van der Waals surface area (Å²) in [6, 6.07) is 13.1. The minimum atomic E-state index is -4.74. The van der Waals surface area contributed by atoms with Gasteiger partial charge >= 0.3 is 6.18 Å². The highest BCUT2D eigenvalue weighted by Crippen LogP contribution is 2.36. The fourth-order valence-corrected chi connectivity index (χ4v) is 3.13. The van der Waals surface area contributed by atoms with E-state index < -0.39 is 16.9 Å². The molecule has 0 fully saturated rings. The van der Waals surface area contributed by atoms with Gasteiger partial charge in [-0.2, -0.15) is 18.2 Å². The first kappa shape index (κ1) is 17.9. The van der Waals surface area contributed by atoms with Gasteiger partial charge in [0.15, 0.2) is 0 Å². The van der Waals surface area contributed by atoms with Gasteiger partial charge in [-0.3, -0.25) is 10.1 Å². The van der Waals surface area contributed by atoms with Crippen molar-refractivity contribution >= 4 is 17.4 Å². The predicted molar refractivity (Wildman–Crippen MR) is 87.4 cm³/mol. The molecule has 1 aromatic heterocycles. The summed E-state index contributed by atoms with van der Waals surface area (Å²) >= 11 is 1.23. The van der Waals surface area contributed by atoms with E-state index in [4.69, 9.17) is 4.52 Å². The lowest BCUT2D eigenvalue weighted by Crippen LogP contribution is -2.07. The molecule has 134 valence electrons. The number of benzene rings is 2. The number of nitro groups is 1. The van der Waals surface area contributed by atoms with Crippen LogP contribution in [0.3, 0.4) is 0 Å². The smallest absolute Gasteiger partial charge is 0.334 e. The Morgan fingerprint density at radius 2 is 1.88 bits per heavy atom. The van der Waals surface area contributed by atoms with E-state index in [2.05, 4.69) is 10.1 Å². The maximum atomic E-state index is 12.7. The van der Waals surface area contributed by atoms with Gasteiger partial charge in [0.05, 0.1) is 10.5 Å². The van der Waals surface area contributed by atoms with Crippen molar-refractivity contribution in [3.8, 4) is 11.5 Å². The first-order valence-corrected chi connectivity index (χ1v) is 8.19. The van der Waals surface area contributed by atoms with Gasteiger partial charge in [0.2, 0.25) is 0 Å². The van der Waals surface area contributed by atoms with Gasteiger partial charge in [-0.1, -0.05) is 35.5 Å². The van der Waals surface area contributed by atoms with Crippen LogP contribution in [-0.2, 0) is 11.9 Å². The molecule has 1 heterocycles. The third kappa shape index (κ3) is 4.02. The molecule has 6 nitrogen and oxygen atoms in total. The Morgan fingerprint density at radius 3 is 2.50 bits per heavy atom. The third-order valence-corrected chi connectivity index (χ3v) is 4.45. The van der Waals surface area contributed by atoms with E-state index in [1.165, 1.54) is 30.0 Å². The number of rotatable bonds is 5. The number of hydrogen-bond donors (Lipinski definition) is 0. The molecule has 3 rings (SSSR count). The highest BCUT2D eigenvalue weighted by molar-refractivity contribution is 7.98. The lowest BCUT2D eigenvalue weighted by molar-refractivity contribution is -0.385. The minimum Gasteiger partial charge on any atom is -0.334 e. The average Bonchev–Trinajstić information content (AvgIpc) is 3.11. The Morgan fingerprint density at radius 1 is 1.15 bits per heavy atom. The molecule has 0 aliphatic rings. The average molecular weight is 381 g/mol. The molecule has 0 atom stereocenters. The number of halogens is 3. The van der Waals surface area contributed by atoms with Crippen LogP contribution in [0.25, 0.3) is 11.5 Å². The number of thioether (sulfide) groups is 1. The Bertz CT molecular complexity index is 929. The van der Waals surface area contributed by atoms with Crippen molar-refractivity contribution in [2.75, 3.05) is 0 Å². The second-order valence-corrected chi connectivity index (χ2v) is 6.15. The summed E-state index contributed by atoms with van der Waals surface area (Å²) in [4.78, 5) is 14.2. The molecule has 0 bridgehead atoms. The van der Waals surface area contributed by atoms with Crippen LogP contribution < -0.4 is 0 Å². The zero-order valence-corrected chi connectivity index (χ0v) is 13.8. The molecule has 0 saturated carbocycles. The van der Waals surface area contributed by atoms with E-state index in [1.807, 2.05) is 30.3 Å². The first-order valence-electron chi connectivity index (χ1n) is 7.21. The van der Waals surface area contributed by atoms with Crippen LogP contribution in [0.15, 0.2) is 57.9 Å². The van der Waals surface area contributed by atoms with E-state index in [-0.39, 0.29) is 17.1 Å². The largest absolute Gasteiger partial charge is 0.455 e. The summed E-state index contributed by atoms with van der Waals surface area (Å²) in [6.45, 7) is 0. The molecule has 0 radical (unpaired) electrons. The number of aromatic nitrogens is 2. The fourth-order valence-electron chi connectivity index (χ4n) is 2.10. The Balaban J connectivity index is 1.96. The molecule has 0 aliphatic heterocycles. The van der Waals surface area contributed by atoms with Crippen molar-refractivity contribution < 1.29 is 22.6 Å². The normalized spacial score (nSPS) is 11.5. The van der Waals surface area contributed by atoms with Crippen molar-refractivity contribution in [1.29, 1.82) is 0 Å². The Kier molecular flexibility index (Phi) is 4.94. The van der Waals surface area contributed by atoms with Crippen molar-refractivity contribution in [2.45, 2.75) is 16.8 Å². The monoisotopic (exact) mass is 381 g/mol. The molecular weight excluding hydrogens is 371 g/mol. The maximum absolute atomic E-state index is 12.7. The third-order valence-electron chi connectivity index (χ3n) is 3.32. The van der Waals surface area contributed by atoms with E-state index in [1.54, 1.807) is 0 Å². The van der Waals surface area contributed by atoms with Crippen LogP contribution in [-0.4, -0.2) is 15.1 Å². The molecular formula is C16H10F3N3O3S. The molecule has 10 heteroatoms. The number of alkyl halides is 3. The van der Waals surface area contributed by atoms with Crippen molar-refractivity contribution in [3.05, 3.63) is 70.0 Å². The van der Waals surface area contributed by atoms with Gasteiger partial charge < -0.3 is 4.52 Å². The second-order valence-electron chi connectivity index (χ2n) is 5.13. The van der Waals surface area contributed by atoms with Crippen LogP contribution in [0.4, 0.5) is 18.9 Å². The molecule has 2 aromatic carbocycles. The number of nitro benzene ring substituents is 1. The Hall–Kier alpha value is -2.88. The van der Waals surface area contributed by atoms with Gasteiger partial charge in [0.1, 0.15) is 0 Å². The maximum Gasteiger partial charge on any atom is 0.455 e. The fraction of sp³-hybridized carbons (Fsp3) is 0.125. The lowest BCUT2D eigenvalue weighted by atomic mass is 10.2. The van der Waals surface area contributed by atoms with Crippen molar-refractivity contribution in [3.63, 3.8) is 0 Å². The van der Waals surface area contributed by atoms with E-state index in [9.17, 15) is 23.3 Å². The highest BCUT2D eigenvalue weighted by Gasteiger charge is 2.37. The zero-order valence-electron chi connectivity index (χ0n) is 12.9. The standard InChI is InChI=1S/C16H10F3N3O3S/c17-16(18,19)15-20-14(25-21-15)12-7-6-11(22(23)24)8-13(12)26-9-10-4-2-1-3-5-10/h1-8H,9H2. The van der Waals surface area contributed by atoms with E-state index in [0.717, 1.165) is 5.56 Å². The first-order chi connectivity index (χ1) is 12.3. The van der Waals surface area contributed by atoms with E-state index in [0.29, 0.717) is 10.6 Å². The van der Waals surface area contributed by atoms with Gasteiger partial charge in [0.25, 0.3) is 17.4 Å². The SMILES string of the molecule is O=[N+]([O-])c1ccc(-c2nc(C(F)(F)F)no2)c(SCc2ccccc2)c1. The van der Waals surface area contributed by atoms with Crippen LogP contribution in [0.5, 0.6) is 0 Å². The number of non-ortho nitro benzene ring substituents is 1. The predicted octanol–water partition coefficient (Wildman–Crippen LogP) is 4.96. The highest BCUT2D eigenvalue weighted by atomic mass is 32.2. The number of hydrogen-bond acceptors (Lipinski definition) is 6. The molecule has 26 heavy (non-hydrogen) atoms. The topological polar surface area (TPSA) is 82.1 Å². The molecule has 0 unspecified atom stereocenters. The summed E-state index contributed by atoms with van der Waals surface area (Å²) in [5.41, 5.74) is 0.982. The van der Waals surface area contributed by atoms with Crippen molar-refractivity contribution in [1.82, 2.24) is 10.1 Å². The summed E-state index contributed by atoms with van der Waals surface area (Å²) in [7, 11) is 0. The van der Waals surface area contributed by atoms with E-state index >= 15 is 0 Å². The quantitative estimate of drug-likeness (QED) is 0.353. The second kappa shape index (κ2) is 7.16. The molecule has 0 aliphatic carbocycles. The minimum absolute atomic E-state index is 0.181. The number of nitrogens with zero attached hydrogens (tertiary/aromatic N) is 3. The van der Waals surface area contributed by atoms with Crippen LogP contribution in [0, 0.1) is 10.1 Å². The van der Waals surface area contributed by atoms with Gasteiger partial charge in [-0.15, -0.1) is 11.8 Å². The van der Waals surface area contributed by atoms with Crippen LogP contribution in [0.2, 0.25) is 0 Å². The van der Waals surface area contributed by atoms with Gasteiger partial charge in [0, 0.05) is 22.8 Å². The molecule has 0 N–H and O–H groups in total. The summed E-state index contributed by atoms with van der Waals surface area (Å²) < 4.78 is 42.7. The van der Waals surface area contributed by atoms with Gasteiger partial charge in [-0.05, 0) is 11.6 Å². The molecule has 3 aromatic rings. The lowest BCUT2D eigenvalue weighted by Gasteiger charge is -2.06. The van der Waals surface area contributed by atoms with Crippen LogP contribution >= 0.6 is 11.8 Å². The summed E-state index contributed by atoms with van der Waals surface area (Å²) in [6.07, 6.45) is -4.74. The van der Waals surface area contributed by atoms with Gasteiger partial charge in [-0.25, -0.2) is 0 Å². The summed E-state index contributed by atoms with van der Waals surface area (Å²) in [5.74, 6) is -1.28. The molecule has 0 amide bonds. The zero-order chi connectivity index (χ0) is 18.7. The van der Waals surface area contributed by atoms with Crippen molar-refractivity contribution in [2.24, 2.45) is 0 Å². The van der Waals surface area contributed by atoms with Crippen LogP contribution in [0.1, 0.15) is 11.4 Å². The summed E-state index contributed by atoms with van der Waals surface area (Å²) in [5, 5.41) is 13.9. The molecule has 0 spiro atoms. The molecule has 0 saturated heterocycles.